The van der Waals surface area contributed by atoms with Gasteiger partial charge in [0.25, 0.3) is 5.91 Å². The van der Waals surface area contributed by atoms with Crippen LogP contribution in [0.25, 0.3) is 0 Å². The predicted molar refractivity (Wildman–Crippen MR) is 102 cm³/mol. The van der Waals surface area contributed by atoms with E-state index in [1.807, 2.05) is 26.0 Å². The fraction of sp³-hybridized carbons (Fsp3) is 0.263. The van der Waals surface area contributed by atoms with Gasteiger partial charge in [-0.15, -0.1) is 0 Å². The van der Waals surface area contributed by atoms with Crippen molar-refractivity contribution in [2.24, 2.45) is 5.10 Å². The van der Waals surface area contributed by atoms with Gasteiger partial charge in [-0.25, -0.2) is 5.43 Å². The van der Waals surface area contributed by atoms with E-state index in [4.69, 9.17) is 25.8 Å². The molecule has 1 N–H and O–H groups in total. The van der Waals surface area contributed by atoms with Crippen molar-refractivity contribution in [1.29, 1.82) is 0 Å². The number of hydrogen-bond donors (Lipinski definition) is 1. The molecule has 0 saturated heterocycles. The predicted octanol–water partition coefficient (Wildman–Crippen LogP) is 3.58. The Kier molecular flexibility index (Phi) is 7.29. The van der Waals surface area contributed by atoms with Crippen LogP contribution in [0.1, 0.15) is 18.1 Å². The number of amides is 1. The summed E-state index contributed by atoms with van der Waals surface area (Å²) in [6.45, 7) is 4.07. The molecule has 0 atom stereocenters. The lowest BCUT2D eigenvalue weighted by molar-refractivity contribution is -0.123. The molecule has 0 unspecified atom stereocenters. The van der Waals surface area contributed by atoms with Gasteiger partial charge in [0, 0.05) is 10.6 Å². The molecule has 0 heterocycles. The number of nitrogens with one attached hydrogen (secondary N) is 1. The van der Waals surface area contributed by atoms with Crippen molar-refractivity contribution in [2.75, 3.05) is 20.3 Å². The van der Waals surface area contributed by atoms with Gasteiger partial charge in [-0.3, -0.25) is 4.79 Å². The lowest BCUT2D eigenvalue weighted by atomic mass is 10.2. The average molecular weight is 377 g/mol. The van der Waals surface area contributed by atoms with Crippen LogP contribution in [-0.4, -0.2) is 32.4 Å². The van der Waals surface area contributed by atoms with Crippen LogP contribution >= 0.6 is 11.6 Å². The molecule has 2 rings (SSSR count). The van der Waals surface area contributed by atoms with Crippen LogP contribution in [0.15, 0.2) is 41.5 Å². The summed E-state index contributed by atoms with van der Waals surface area (Å²) in [7, 11) is 1.57. The molecule has 0 saturated carbocycles. The molecule has 26 heavy (non-hydrogen) atoms. The van der Waals surface area contributed by atoms with Crippen LogP contribution < -0.4 is 19.6 Å². The van der Waals surface area contributed by atoms with Crippen LogP contribution in [0, 0.1) is 6.92 Å². The number of nitrogens with zero attached hydrogens (tertiary/aromatic N) is 1. The van der Waals surface area contributed by atoms with E-state index in [2.05, 4.69) is 10.5 Å². The molecular formula is C19H21ClN2O4. The molecule has 2 aromatic carbocycles. The fourth-order valence-electron chi connectivity index (χ4n) is 2.22. The third kappa shape index (κ3) is 5.39. The summed E-state index contributed by atoms with van der Waals surface area (Å²) in [5.41, 5.74) is 3.97. The minimum atomic E-state index is -0.378. The normalized spacial score (nSPS) is 10.6. The fourth-order valence-corrected chi connectivity index (χ4v) is 2.44. The number of ether oxygens (including phenoxy) is 3. The van der Waals surface area contributed by atoms with Crippen LogP contribution in [0.3, 0.4) is 0 Å². The smallest absolute Gasteiger partial charge is 0.277 e. The highest BCUT2D eigenvalue weighted by atomic mass is 35.5. The number of benzene rings is 2. The highest BCUT2D eigenvalue weighted by Gasteiger charge is 2.09. The number of rotatable bonds is 8. The number of methoxy groups -OCH3 is 1. The first kappa shape index (κ1) is 19.6. The van der Waals surface area contributed by atoms with E-state index in [0.29, 0.717) is 34.4 Å². The Bertz CT molecular complexity index is 793. The van der Waals surface area contributed by atoms with Gasteiger partial charge in [-0.2, -0.15) is 5.10 Å². The third-order valence-electron chi connectivity index (χ3n) is 3.41. The van der Waals surface area contributed by atoms with E-state index in [-0.39, 0.29) is 12.5 Å². The number of halogens is 1. The zero-order valence-corrected chi connectivity index (χ0v) is 15.7. The van der Waals surface area contributed by atoms with Gasteiger partial charge in [0.15, 0.2) is 18.1 Å². The summed E-state index contributed by atoms with van der Waals surface area (Å²) in [6, 6.07) is 10.6. The Morgan fingerprint density at radius 1 is 1.23 bits per heavy atom. The van der Waals surface area contributed by atoms with Gasteiger partial charge >= 0.3 is 0 Å². The SMILES string of the molecule is CCOc1c(/C=N/NC(=O)COc2ccc(Cl)cc2C)cccc1OC. The molecule has 0 fully saturated rings. The van der Waals surface area contributed by atoms with Gasteiger partial charge in [0.1, 0.15) is 5.75 Å². The second-order valence-electron chi connectivity index (χ2n) is 5.30. The number of hydrazone groups is 1. The van der Waals surface area contributed by atoms with E-state index in [9.17, 15) is 4.79 Å². The van der Waals surface area contributed by atoms with E-state index in [1.165, 1.54) is 6.21 Å². The van der Waals surface area contributed by atoms with Gasteiger partial charge in [-0.1, -0.05) is 17.7 Å². The maximum atomic E-state index is 11.9. The van der Waals surface area contributed by atoms with Crippen molar-refractivity contribution >= 4 is 23.7 Å². The Hall–Kier alpha value is -2.73. The Morgan fingerprint density at radius 3 is 2.73 bits per heavy atom. The van der Waals surface area contributed by atoms with Crippen LogP contribution in [0.4, 0.5) is 0 Å². The summed E-state index contributed by atoms with van der Waals surface area (Å²) in [6.07, 6.45) is 1.50. The van der Waals surface area contributed by atoms with Gasteiger partial charge in [-0.05, 0) is 49.7 Å². The lowest BCUT2D eigenvalue weighted by Gasteiger charge is -2.11. The minimum absolute atomic E-state index is 0.157. The van der Waals surface area contributed by atoms with Gasteiger partial charge < -0.3 is 14.2 Å². The van der Waals surface area contributed by atoms with E-state index < -0.39 is 0 Å². The summed E-state index contributed by atoms with van der Waals surface area (Å²) in [5.74, 6) is 1.39. The van der Waals surface area contributed by atoms with Crippen molar-refractivity contribution in [3.63, 3.8) is 0 Å². The van der Waals surface area contributed by atoms with Gasteiger partial charge in [0.05, 0.1) is 19.9 Å². The van der Waals surface area contributed by atoms with Crippen molar-refractivity contribution < 1.29 is 19.0 Å². The molecule has 0 aromatic heterocycles. The average Bonchev–Trinajstić information content (AvgIpc) is 2.62. The standard InChI is InChI=1S/C19H21ClN2O4/c1-4-25-19-14(6-5-7-17(19)24-3)11-21-22-18(23)12-26-16-9-8-15(20)10-13(16)2/h5-11H,4,12H2,1-3H3,(H,22,23)/b21-11+. The summed E-state index contributed by atoms with van der Waals surface area (Å²) >= 11 is 5.89. The largest absolute Gasteiger partial charge is 0.493 e. The molecule has 6 nitrogen and oxygen atoms in total. The molecular weight excluding hydrogens is 356 g/mol. The molecule has 0 aliphatic rings. The number of carbonyl (C=O) groups is 1. The molecule has 7 heteroatoms. The second-order valence-corrected chi connectivity index (χ2v) is 5.74. The van der Waals surface area contributed by atoms with E-state index in [0.717, 1.165) is 5.56 Å². The van der Waals surface area contributed by atoms with Gasteiger partial charge in [0.2, 0.25) is 0 Å². The van der Waals surface area contributed by atoms with E-state index in [1.54, 1.807) is 31.4 Å². The van der Waals surface area contributed by atoms with Crippen LogP contribution in [0.2, 0.25) is 5.02 Å². The topological polar surface area (TPSA) is 69.2 Å². The number of para-hydroxylation sites is 1. The minimum Gasteiger partial charge on any atom is -0.493 e. The molecule has 2 aromatic rings. The van der Waals surface area contributed by atoms with Crippen molar-refractivity contribution in [3.8, 4) is 17.2 Å². The molecule has 0 bridgehead atoms. The highest BCUT2D eigenvalue weighted by molar-refractivity contribution is 6.30. The maximum absolute atomic E-state index is 11.9. The number of carbonyl (C=O) groups excluding carboxylic acids is 1. The van der Waals surface area contributed by atoms with Crippen molar-refractivity contribution in [2.45, 2.75) is 13.8 Å². The Morgan fingerprint density at radius 2 is 2.04 bits per heavy atom. The maximum Gasteiger partial charge on any atom is 0.277 e. The summed E-state index contributed by atoms with van der Waals surface area (Å²) in [5, 5.41) is 4.57. The number of hydrogen-bond acceptors (Lipinski definition) is 5. The van der Waals surface area contributed by atoms with Crippen molar-refractivity contribution in [3.05, 3.63) is 52.5 Å². The molecule has 0 aliphatic carbocycles. The molecule has 0 aliphatic heterocycles. The quantitative estimate of drug-likeness (QED) is 0.564. The van der Waals surface area contributed by atoms with Crippen LogP contribution in [-0.2, 0) is 4.79 Å². The second kappa shape index (κ2) is 9.68. The molecule has 0 spiro atoms. The zero-order valence-electron chi connectivity index (χ0n) is 14.9. The lowest BCUT2D eigenvalue weighted by Crippen LogP contribution is -2.24. The summed E-state index contributed by atoms with van der Waals surface area (Å²) in [4.78, 5) is 11.9. The molecule has 138 valence electrons. The highest BCUT2D eigenvalue weighted by Crippen LogP contribution is 2.29. The van der Waals surface area contributed by atoms with Crippen LogP contribution in [0.5, 0.6) is 17.2 Å². The van der Waals surface area contributed by atoms with E-state index >= 15 is 0 Å². The first-order valence-corrected chi connectivity index (χ1v) is 8.43. The molecule has 1 amide bonds. The Labute approximate surface area is 157 Å². The number of aryl methyl sites for hydroxylation is 1. The zero-order chi connectivity index (χ0) is 18.9. The summed E-state index contributed by atoms with van der Waals surface area (Å²) < 4.78 is 16.3. The first-order valence-electron chi connectivity index (χ1n) is 8.05. The monoisotopic (exact) mass is 376 g/mol. The third-order valence-corrected chi connectivity index (χ3v) is 3.64. The first-order chi connectivity index (χ1) is 12.5. The van der Waals surface area contributed by atoms with Crippen molar-refractivity contribution in [1.82, 2.24) is 5.43 Å². The Balaban J connectivity index is 1.94. The molecule has 0 radical (unpaired) electrons.